The van der Waals surface area contributed by atoms with Gasteiger partial charge in [-0.25, -0.2) is 0 Å². The van der Waals surface area contributed by atoms with Crippen molar-refractivity contribution in [2.45, 2.75) is 3.92 Å². The van der Waals surface area contributed by atoms with E-state index in [2.05, 4.69) is 6.58 Å². The number of rotatable bonds is 1. The minimum atomic E-state index is -0.942. The standard InChI is InChI=1S/C7H7IO/c1-6-4-2-3-5-7(6)8-9/h2-5,7H,1H2. The van der Waals surface area contributed by atoms with Gasteiger partial charge in [0.15, 0.2) is 21.2 Å². The second-order valence-corrected chi connectivity index (χ2v) is 3.66. The largest absolute Gasteiger partial charge is 0.270 e. The van der Waals surface area contributed by atoms with Crippen LogP contribution in [-0.4, -0.2) is 3.92 Å². The van der Waals surface area contributed by atoms with E-state index in [4.69, 9.17) is 0 Å². The van der Waals surface area contributed by atoms with Gasteiger partial charge in [0.25, 0.3) is 0 Å². The van der Waals surface area contributed by atoms with E-state index >= 15 is 0 Å². The predicted molar refractivity (Wildman–Crippen MR) is 45.9 cm³/mol. The van der Waals surface area contributed by atoms with Crippen LogP contribution in [0.1, 0.15) is 0 Å². The molecule has 0 spiro atoms. The van der Waals surface area contributed by atoms with Crippen molar-refractivity contribution in [3.63, 3.8) is 0 Å². The highest BCUT2D eigenvalue weighted by Gasteiger charge is 2.06. The molecule has 2 heteroatoms. The van der Waals surface area contributed by atoms with Gasteiger partial charge in [0.1, 0.15) is 0 Å². The zero-order valence-corrected chi connectivity index (χ0v) is 7.04. The van der Waals surface area contributed by atoms with E-state index in [-0.39, 0.29) is 3.92 Å². The summed E-state index contributed by atoms with van der Waals surface area (Å²) < 4.78 is 10.6. The molecule has 0 aromatic heterocycles. The van der Waals surface area contributed by atoms with Crippen LogP contribution in [0.5, 0.6) is 0 Å². The fourth-order valence-corrected chi connectivity index (χ4v) is 1.59. The molecule has 1 rings (SSSR count). The molecular weight excluding hydrogens is 227 g/mol. The maximum atomic E-state index is 10.5. The molecule has 9 heavy (non-hydrogen) atoms. The zero-order chi connectivity index (χ0) is 6.69. The number of allylic oxidation sites excluding steroid dienone is 5. The van der Waals surface area contributed by atoms with Gasteiger partial charge in [0, 0.05) is 0 Å². The summed E-state index contributed by atoms with van der Waals surface area (Å²) in [5.41, 5.74) is 0.973. The lowest BCUT2D eigenvalue weighted by Crippen LogP contribution is -1.96. The molecule has 0 amide bonds. The predicted octanol–water partition coefficient (Wildman–Crippen LogP) is 2.35. The number of hydrogen-bond acceptors (Lipinski definition) is 1. The molecule has 0 radical (unpaired) electrons. The van der Waals surface area contributed by atoms with Crippen LogP contribution in [-0.2, 0) is 3.07 Å². The Morgan fingerprint density at radius 3 is 2.78 bits per heavy atom. The summed E-state index contributed by atoms with van der Waals surface area (Å²) in [5, 5.41) is 0. The van der Waals surface area contributed by atoms with Crippen molar-refractivity contribution < 1.29 is 3.07 Å². The summed E-state index contributed by atoms with van der Waals surface area (Å²) in [7, 11) is 0. The Morgan fingerprint density at radius 2 is 2.33 bits per heavy atom. The summed E-state index contributed by atoms with van der Waals surface area (Å²) >= 11 is -0.942. The highest BCUT2D eigenvalue weighted by molar-refractivity contribution is 14.1. The minimum absolute atomic E-state index is 0.147. The first kappa shape index (κ1) is 6.86. The fraction of sp³-hybridized carbons (Fsp3) is 0.143. The summed E-state index contributed by atoms with van der Waals surface area (Å²) in [6, 6.07) is 0. The molecule has 0 fully saturated rings. The molecule has 1 unspecified atom stereocenters. The highest BCUT2D eigenvalue weighted by atomic mass is 127. The summed E-state index contributed by atoms with van der Waals surface area (Å²) in [5.74, 6) is 0. The Hall–Kier alpha value is -0.250. The Labute approximate surface area is 64.8 Å². The van der Waals surface area contributed by atoms with Crippen molar-refractivity contribution in [2.75, 3.05) is 0 Å². The van der Waals surface area contributed by atoms with Crippen LogP contribution in [0.25, 0.3) is 0 Å². The molecule has 1 aliphatic carbocycles. The van der Waals surface area contributed by atoms with Crippen molar-refractivity contribution in [3.8, 4) is 0 Å². The van der Waals surface area contributed by atoms with Crippen molar-refractivity contribution in [1.82, 2.24) is 0 Å². The molecule has 0 aliphatic heterocycles. The number of halogens is 1. The Kier molecular flexibility index (Phi) is 2.33. The molecule has 48 valence electrons. The molecule has 0 saturated heterocycles. The summed E-state index contributed by atoms with van der Waals surface area (Å²) in [6.07, 6.45) is 7.67. The van der Waals surface area contributed by atoms with Crippen molar-refractivity contribution in [2.24, 2.45) is 0 Å². The van der Waals surface area contributed by atoms with E-state index in [1.165, 1.54) is 0 Å². The van der Waals surface area contributed by atoms with Gasteiger partial charge in [0.05, 0.1) is 3.92 Å². The molecule has 0 heterocycles. The first-order valence-corrected chi connectivity index (χ1v) is 4.76. The molecular formula is C7H7IO. The van der Waals surface area contributed by atoms with Gasteiger partial charge in [-0.3, -0.25) is 3.07 Å². The van der Waals surface area contributed by atoms with E-state index in [9.17, 15) is 3.07 Å². The highest BCUT2D eigenvalue weighted by Crippen LogP contribution is 2.21. The average molecular weight is 234 g/mol. The van der Waals surface area contributed by atoms with Crippen LogP contribution in [0.2, 0.25) is 0 Å². The first-order valence-electron chi connectivity index (χ1n) is 2.64. The molecule has 0 aromatic rings. The van der Waals surface area contributed by atoms with Gasteiger partial charge in [-0.05, 0) is 5.57 Å². The summed E-state index contributed by atoms with van der Waals surface area (Å²) in [6.45, 7) is 3.76. The van der Waals surface area contributed by atoms with Gasteiger partial charge in [-0.15, -0.1) is 0 Å². The first-order chi connectivity index (χ1) is 4.34. The second kappa shape index (κ2) is 3.06. The van der Waals surface area contributed by atoms with Crippen LogP contribution < -0.4 is 0 Å². The van der Waals surface area contributed by atoms with Gasteiger partial charge >= 0.3 is 0 Å². The normalized spacial score (nSPS) is 24.9. The van der Waals surface area contributed by atoms with Crippen molar-refractivity contribution in [1.29, 1.82) is 0 Å². The molecule has 1 atom stereocenters. The third kappa shape index (κ3) is 1.58. The van der Waals surface area contributed by atoms with E-state index in [1.807, 2.05) is 24.3 Å². The monoisotopic (exact) mass is 234 g/mol. The fourth-order valence-electron chi connectivity index (χ4n) is 0.643. The average Bonchev–Trinajstić information content (AvgIpc) is 1.89. The number of alkyl halides is 1. The molecule has 0 N–H and O–H groups in total. The maximum Gasteiger partial charge on any atom is 0.156 e. The summed E-state index contributed by atoms with van der Waals surface area (Å²) in [4.78, 5) is 0. The van der Waals surface area contributed by atoms with Crippen LogP contribution >= 0.6 is 21.2 Å². The van der Waals surface area contributed by atoms with Crippen LogP contribution in [0.3, 0.4) is 0 Å². The lowest BCUT2D eigenvalue weighted by atomic mass is 10.1. The molecule has 1 nitrogen and oxygen atoms in total. The third-order valence-corrected chi connectivity index (χ3v) is 2.91. The van der Waals surface area contributed by atoms with E-state index in [0.29, 0.717) is 0 Å². The molecule has 0 bridgehead atoms. The Morgan fingerprint density at radius 1 is 1.56 bits per heavy atom. The van der Waals surface area contributed by atoms with E-state index < -0.39 is 21.2 Å². The van der Waals surface area contributed by atoms with Crippen LogP contribution in [0.15, 0.2) is 36.5 Å². The second-order valence-electron chi connectivity index (χ2n) is 1.81. The van der Waals surface area contributed by atoms with Gasteiger partial charge in [-0.2, -0.15) is 0 Å². The quantitative estimate of drug-likeness (QED) is 0.502. The van der Waals surface area contributed by atoms with Gasteiger partial charge < -0.3 is 0 Å². The van der Waals surface area contributed by atoms with E-state index in [0.717, 1.165) is 5.57 Å². The Balaban J connectivity index is 2.77. The number of hydrogen-bond donors (Lipinski definition) is 0. The van der Waals surface area contributed by atoms with Crippen LogP contribution in [0, 0.1) is 0 Å². The lowest BCUT2D eigenvalue weighted by molar-refractivity contribution is 0.647. The molecule has 1 aliphatic rings. The van der Waals surface area contributed by atoms with Crippen molar-refractivity contribution >= 4 is 21.2 Å². The minimum Gasteiger partial charge on any atom is -0.270 e. The third-order valence-electron chi connectivity index (χ3n) is 1.15. The van der Waals surface area contributed by atoms with Crippen molar-refractivity contribution in [3.05, 3.63) is 36.5 Å². The van der Waals surface area contributed by atoms with E-state index in [1.54, 1.807) is 0 Å². The smallest absolute Gasteiger partial charge is 0.156 e. The maximum absolute atomic E-state index is 10.5. The topological polar surface area (TPSA) is 17.1 Å². The van der Waals surface area contributed by atoms with Gasteiger partial charge in [0.2, 0.25) is 0 Å². The lowest BCUT2D eigenvalue weighted by Gasteiger charge is -2.04. The zero-order valence-electron chi connectivity index (χ0n) is 4.88. The molecule has 0 saturated carbocycles. The SMILES string of the molecule is C=C1C=CC=CC1I=O. The Bertz CT molecular complexity index is 191. The van der Waals surface area contributed by atoms with Gasteiger partial charge in [-0.1, -0.05) is 30.9 Å². The molecule has 0 aromatic carbocycles. The van der Waals surface area contributed by atoms with Crippen LogP contribution in [0.4, 0.5) is 0 Å².